The summed E-state index contributed by atoms with van der Waals surface area (Å²) in [4.78, 5) is 72.2. The van der Waals surface area contributed by atoms with Crippen molar-refractivity contribution in [3.63, 3.8) is 0 Å². The molecular weight excluding hydrogens is 1010 g/mol. The van der Waals surface area contributed by atoms with Gasteiger partial charge in [0.1, 0.15) is 5.75 Å². The van der Waals surface area contributed by atoms with Gasteiger partial charge in [-0.15, -0.1) is 15.3 Å². The summed E-state index contributed by atoms with van der Waals surface area (Å²) in [6, 6.07) is 8.28. The number of amidine groups is 1. The van der Waals surface area contributed by atoms with Gasteiger partial charge in [0.2, 0.25) is 11.9 Å². The van der Waals surface area contributed by atoms with Crippen LogP contribution in [0.4, 0.5) is 25.8 Å². The number of esters is 1. The van der Waals surface area contributed by atoms with Gasteiger partial charge in [-0.25, -0.2) is 35.5 Å². The fraction of sp³-hybridized carbons (Fsp3) is 0.615. The average Bonchev–Trinajstić information content (AvgIpc) is 4.19. The van der Waals surface area contributed by atoms with Crippen LogP contribution >= 0.6 is 23.4 Å². The number of hydrogen-bond acceptors (Lipinski definition) is 11. The molecule has 2 aromatic carbocycles. The van der Waals surface area contributed by atoms with Gasteiger partial charge in [-0.1, -0.05) is 88.1 Å². The molecule has 0 aliphatic carbocycles. The summed E-state index contributed by atoms with van der Waals surface area (Å²) in [6.07, 6.45) is 12.3. The number of hydrogen-bond donors (Lipinski definition) is 6. The molecule has 24 heteroatoms. The molecule has 0 aromatic heterocycles. The Morgan fingerprint density at radius 2 is 1.08 bits per heavy atom. The molecule has 424 valence electrons. The van der Waals surface area contributed by atoms with Gasteiger partial charge >= 0.3 is 24.1 Å². The fourth-order valence-electron chi connectivity index (χ4n) is 8.03. The Morgan fingerprint density at radius 3 is 1.57 bits per heavy atom. The standard InChI is InChI=1S/C27H44ClN5O3.C18H28N6O3.C7H14N4OS/c1-4-7-8-9-10-11-12-13-14-15-20-36-25(34)22-16-17-23(28)24(21-22)29-26(35)30-31-27-32(5-2)18-19-33(27)6-3;1-6-23-10-11-24(7-2)18(23)21-20-17(26)19-14-12-13(16(25)22(3)4)8-9-15(14)27-5;1-3-11-4-5-13-7(11)10-9-6(12)8-2/h16-17,21H,4-15,18-20H2,1-3H3,(H2,29,30,35);8-9,12H,6-7,10-11H2,1-5H3,(H2,19,20,26);3-5H2,1-2H3,(H2,8,9,12)/b;;10-7+. The molecule has 6 N–H and O–H groups in total. The molecule has 3 heterocycles. The van der Waals surface area contributed by atoms with Crippen LogP contribution in [0.5, 0.6) is 5.75 Å². The van der Waals surface area contributed by atoms with Crippen LogP contribution in [0, 0.1) is 0 Å². The number of likely N-dealkylation sites (N-methyl/N-ethyl adjacent to an activating group) is 4. The topological polar surface area (TPSA) is 233 Å². The first-order chi connectivity index (χ1) is 36.7. The van der Waals surface area contributed by atoms with Crippen LogP contribution in [0.2, 0.25) is 5.02 Å². The second-order valence-corrected chi connectivity index (χ2v) is 19.4. The van der Waals surface area contributed by atoms with Crippen molar-refractivity contribution in [2.24, 2.45) is 15.3 Å². The number of carbonyl (C=O) groups is 5. The third-order valence-corrected chi connectivity index (χ3v) is 13.8. The van der Waals surface area contributed by atoms with Crippen LogP contribution in [0.3, 0.4) is 0 Å². The van der Waals surface area contributed by atoms with Crippen molar-refractivity contribution >= 4 is 81.8 Å². The molecule has 76 heavy (non-hydrogen) atoms. The highest BCUT2D eigenvalue weighted by atomic mass is 35.5. The Morgan fingerprint density at radius 1 is 0.605 bits per heavy atom. The van der Waals surface area contributed by atoms with E-state index >= 15 is 0 Å². The van der Waals surface area contributed by atoms with E-state index in [9.17, 15) is 24.0 Å². The van der Waals surface area contributed by atoms with Gasteiger partial charge in [-0.2, -0.15) is 0 Å². The highest BCUT2D eigenvalue weighted by Gasteiger charge is 2.26. The predicted molar refractivity (Wildman–Crippen MR) is 307 cm³/mol. The minimum atomic E-state index is -0.528. The molecule has 3 fully saturated rings. The number of rotatable bonds is 24. The normalized spacial score (nSPS) is 14.3. The van der Waals surface area contributed by atoms with E-state index in [1.165, 1.54) is 69.4 Å². The molecule has 0 spiro atoms. The number of benzene rings is 2. The summed E-state index contributed by atoms with van der Waals surface area (Å²) >= 11 is 7.90. The number of thioether (sulfide) groups is 1. The molecule has 5 rings (SSSR count). The number of ether oxygens (including phenoxy) is 2. The van der Waals surface area contributed by atoms with Crippen molar-refractivity contribution in [1.82, 2.24) is 51.0 Å². The number of anilines is 2. The fourth-order valence-corrected chi connectivity index (χ4v) is 9.21. The molecule has 0 bridgehead atoms. The Labute approximate surface area is 460 Å². The van der Waals surface area contributed by atoms with Crippen LogP contribution in [-0.2, 0) is 4.74 Å². The number of nitrogens with one attached hydrogen (secondary N) is 6. The van der Waals surface area contributed by atoms with Gasteiger partial charge in [0, 0.05) is 97.9 Å². The maximum atomic E-state index is 12.5. The first-order valence-corrected chi connectivity index (χ1v) is 28.1. The number of halogens is 1. The third kappa shape index (κ3) is 21.7. The van der Waals surface area contributed by atoms with Gasteiger partial charge in [-0.05, 0) is 77.4 Å². The van der Waals surface area contributed by atoms with Crippen LogP contribution < -0.4 is 37.0 Å². The zero-order chi connectivity index (χ0) is 55.8. The molecule has 0 atom stereocenters. The lowest BCUT2D eigenvalue weighted by Gasteiger charge is -2.20. The average molecular weight is 1100 g/mol. The summed E-state index contributed by atoms with van der Waals surface area (Å²) in [7, 11) is 6.41. The van der Waals surface area contributed by atoms with Crippen LogP contribution in [0.25, 0.3) is 0 Å². The maximum Gasteiger partial charge on any atom is 0.339 e. The van der Waals surface area contributed by atoms with Crippen molar-refractivity contribution in [2.75, 3.05) is 117 Å². The Balaban J connectivity index is 0.000000332. The van der Waals surface area contributed by atoms with E-state index in [2.05, 4.69) is 99.7 Å². The van der Waals surface area contributed by atoms with Crippen molar-refractivity contribution < 1.29 is 33.4 Å². The number of carbonyl (C=O) groups excluding carboxylic acids is 5. The van der Waals surface area contributed by atoms with Crippen LogP contribution in [0.15, 0.2) is 51.7 Å². The van der Waals surface area contributed by atoms with E-state index in [0.717, 1.165) is 101 Å². The zero-order valence-electron chi connectivity index (χ0n) is 46.7. The summed E-state index contributed by atoms with van der Waals surface area (Å²) in [5, 5.41) is 21.5. The van der Waals surface area contributed by atoms with Crippen molar-refractivity contribution in [3.8, 4) is 5.75 Å². The predicted octanol–water partition coefficient (Wildman–Crippen LogP) is 8.17. The van der Waals surface area contributed by atoms with Crippen molar-refractivity contribution in [3.05, 3.63) is 52.5 Å². The van der Waals surface area contributed by atoms with Gasteiger partial charge in [0.05, 0.1) is 35.7 Å². The molecule has 2 aromatic rings. The highest BCUT2D eigenvalue weighted by molar-refractivity contribution is 8.14. The molecule has 0 unspecified atom stereocenters. The summed E-state index contributed by atoms with van der Waals surface area (Å²) in [6.45, 7) is 21.6. The summed E-state index contributed by atoms with van der Waals surface area (Å²) in [5.74, 6) is 2.41. The van der Waals surface area contributed by atoms with E-state index in [-0.39, 0.29) is 11.9 Å². The third-order valence-electron chi connectivity index (χ3n) is 12.5. The van der Waals surface area contributed by atoms with E-state index in [1.54, 1.807) is 63.2 Å². The van der Waals surface area contributed by atoms with Gasteiger partial charge < -0.3 is 54.8 Å². The molecule has 3 saturated heterocycles. The van der Waals surface area contributed by atoms with Gasteiger partial charge in [0.15, 0.2) is 5.17 Å². The van der Waals surface area contributed by atoms with Crippen LogP contribution in [-0.4, -0.2) is 183 Å². The second-order valence-electron chi connectivity index (χ2n) is 17.9. The maximum absolute atomic E-state index is 12.5. The molecule has 7 amide bonds. The molecule has 22 nitrogen and oxygen atoms in total. The summed E-state index contributed by atoms with van der Waals surface area (Å²) in [5.41, 5.74) is 9.00. The quantitative estimate of drug-likeness (QED) is 0.0331. The number of guanidine groups is 2. The Hall–Kier alpha value is -6.36. The number of urea groups is 3. The lowest BCUT2D eigenvalue weighted by molar-refractivity contribution is 0.0497. The first-order valence-electron chi connectivity index (χ1n) is 26.8. The smallest absolute Gasteiger partial charge is 0.339 e. The number of methoxy groups -OCH3 is 1. The Bertz CT molecular complexity index is 2210. The summed E-state index contributed by atoms with van der Waals surface area (Å²) < 4.78 is 10.7. The first kappa shape index (κ1) is 63.9. The molecule has 0 saturated carbocycles. The van der Waals surface area contributed by atoms with Crippen molar-refractivity contribution in [1.29, 1.82) is 0 Å². The number of unbranched alkanes of at least 4 members (excludes halogenated alkanes) is 9. The minimum absolute atomic E-state index is 0.163. The van der Waals surface area contributed by atoms with E-state index in [0.29, 0.717) is 39.9 Å². The van der Waals surface area contributed by atoms with Crippen molar-refractivity contribution in [2.45, 2.75) is 106 Å². The highest BCUT2D eigenvalue weighted by Crippen LogP contribution is 2.27. The van der Waals surface area contributed by atoms with Gasteiger partial charge in [0.25, 0.3) is 5.91 Å². The molecular formula is C52H86ClN15O7S. The number of hydrazone groups is 3. The van der Waals surface area contributed by atoms with E-state index in [4.69, 9.17) is 21.1 Å². The monoisotopic (exact) mass is 1100 g/mol. The molecule has 3 aliphatic heterocycles. The van der Waals surface area contributed by atoms with Gasteiger partial charge in [-0.3, -0.25) is 4.79 Å². The zero-order valence-corrected chi connectivity index (χ0v) is 48.3. The molecule has 3 aliphatic rings. The van der Waals surface area contributed by atoms with E-state index in [1.807, 2.05) is 13.8 Å². The Kier molecular flexibility index (Phi) is 30.1. The van der Waals surface area contributed by atoms with Crippen LogP contribution in [0.1, 0.15) is 126 Å². The lowest BCUT2D eigenvalue weighted by Crippen LogP contribution is -2.37. The van der Waals surface area contributed by atoms with E-state index < -0.39 is 18.0 Å². The largest absolute Gasteiger partial charge is 0.495 e. The lowest BCUT2D eigenvalue weighted by atomic mass is 10.1. The number of amides is 7. The number of nitrogens with zero attached hydrogens (tertiary/aromatic N) is 9. The second kappa shape index (κ2) is 35.8. The SMILES string of the molecule is CCCCCCCCCCCCOC(=O)c1ccc(Cl)c(NC(=O)NN=C2N(CC)CCN2CC)c1.CCN1CCN(CC)C1=NNC(=O)Nc1cc(C(=O)N(C)C)ccc1OC.CCN1CCS/C1=N/NC(=O)NC. The minimum Gasteiger partial charge on any atom is -0.495 e. The molecule has 0 radical (unpaired) electrons.